The number of benzene rings is 8. The van der Waals surface area contributed by atoms with E-state index in [2.05, 4.69) is 194 Å². The standard InChI is InChI=1S/C52H34N4/c1-4-13-35(14-5-1)37-23-27-41(28-24-37)50-54-51(42-29-25-38(26-30-42)36-15-6-2-7-16-36)56-52(55-50)44-21-12-20-43(33-44)48-34-46(39-17-8-3-9-18-39)49-45-22-11-10-19-40(45)31-32-47(49)53-48/h1-34H. The molecule has 0 unspecified atom stereocenters. The molecule has 0 spiro atoms. The van der Waals surface area contributed by atoms with E-state index in [-0.39, 0.29) is 0 Å². The first-order chi connectivity index (χ1) is 27.7. The van der Waals surface area contributed by atoms with E-state index in [9.17, 15) is 0 Å². The second kappa shape index (κ2) is 14.3. The molecular formula is C52H34N4. The van der Waals surface area contributed by atoms with Crippen LogP contribution in [0.4, 0.5) is 0 Å². The van der Waals surface area contributed by atoms with Gasteiger partial charge in [0.05, 0.1) is 11.2 Å². The Morgan fingerprint density at radius 1 is 0.268 bits per heavy atom. The Bertz CT molecular complexity index is 2880. The second-order valence-electron chi connectivity index (χ2n) is 13.9. The molecule has 0 aliphatic carbocycles. The van der Waals surface area contributed by atoms with Gasteiger partial charge in [-0.25, -0.2) is 19.9 Å². The minimum Gasteiger partial charge on any atom is -0.248 e. The van der Waals surface area contributed by atoms with E-state index in [4.69, 9.17) is 19.9 Å². The molecule has 262 valence electrons. The molecular weight excluding hydrogens is 681 g/mol. The largest absolute Gasteiger partial charge is 0.248 e. The Kier molecular flexibility index (Phi) is 8.47. The molecule has 0 aliphatic rings. The molecule has 8 aromatic carbocycles. The van der Waals surface area contributed by atoms with Crippen LogP contribution in [0.5, 0.6) is 0 Å². The summed E-state index contributed by atoms with van der Waals surface area (Å²) in [6.07, 6.45) is 0. The maximum Gasteiger partial charge on any atom is 0.164 e. The van der Waals surface area contributed by atoms with Gasteiger partial charge < -0.3 is 0 Å². The first-order valence-corrected chi connectivity index (χ1v) is 18.8. The molecule has 0 radical (unpaired) electrons. The van der Waals surface area contributed by atoms with Gasteiger partial charge in [0.25, 0.3) is 0 Å². The molecule has 2 heterocycles. The van der Waals surface area contributed by atoms with Crippen molar-refractivity contribution in [3.63, 3.8) is 0 Å². The van der Waals surface area contributed by atoms with Gasteiger partial charge in [-0.2, -0.15) is 0 Å². The van der Waals surface area contributed by atoms with E-state index in [1.54, 1.807) is 0 Å². The van der Waals surface area contributed by atoms with Gasteiger partial charge in [-0.1, -0.05) is 188 Å². The predicted molar refractivity (Wildman–Crippen MR) is 231 cm³/mol. The van der Waals surface area contributed by atoms with Crippen LogP contribution in [0.3, 0.4) is 0 Å². The number of pyridine rings is 1. The van der Waals surface area contributed by atoms with Crippen LogP contribution in [0.2, 0.25) is 0 Å². The number of aromatic nitrogens is 4. The summed E-state index contributed by atoms with van der Waals surface area (Å²) in [4.78, 5) is 20.5. The molecule has 4 heteroatoms. The number of fused-ring (bicyclic) bond motifs is 3. The number of hydrogen-bond donors (Lipinski definition) is 0. The van der Waals surface area contributed by atoms with Crippen molar-refractivity contribution in [1.82, 2.24) is 19.9 Å². The van der Waals surface area contributed by atoms with Crippen LogP contribution in [0.25, 0.3) is 100 Å². The third-order valence-electron chi connectivity index (χ3n) is 10.3. The van der Waals surface area contributed by atoms with Gasteiger partial charge >= 0.3 is 0 Å². The summed E-state index contributed by atoms with van der Waals surface area (Å²) in [5, 5.41) is 3.53. The highest BCUT2D eigenvalue weighted by Crippen LogP contribution is 2.37. The molecule has 0 aliphatic heterocycles. The van der Waals surface area contributed by atoms with Crippen molar-refractivity contribution in [2.24, 2.45) is 0 Å². The predicted octanol–water partition coefficient (Wildman–Crippen LogP) is 13.2. The summed E-state index contributed by atoms with van der Waals surface area (Å²) in [6, 6.07) is 71.7. The zero-order valence-electron chi connectivity index (χ0n) is 30.4. The lowest BCUT2D eigenvalue weighted by atomic mass is 9.94. The van der Waals surface area contributed by atoms with E-state index in [0.29, 0.717) is 17.5 Å². The molecule has 0 N–H and O–H groups in total. The van der Waals surface area contributed by atoms with E-state index in [1.807, 2.05) is 12.1 Å². The Morgan fingerprint density at radius 3 is 1.30 bits per heavy atom. The molecule has 10 aromatic rings. The maximum absolute atomic E-state index is 5.26. The van der Waals surface area contributed by atoms with Crippen molar-refractivity contribution in [2.45, 2.75) is 0 Å². The zero-order chi connectivity index (χ0) is 37.3. The van der Waals surface area contributed by atoms with Crippen molar-refractivity contribution < 1.29 is 0 Å². The summed E-state index contributed by atoms with van der Waals surface area (Å²) in [6.45, 7) is 0. The fourth-order valence-corrected chi connectivity index (χ4v) is 7.47. The summed E-state index contributed by atoms with van der Waals surface area (Å²) < 4.78 is 0. The smallest absolute Gasteiger partial charge is 0.164 e. The van der Waals surface area contributed by atoms with Gasteiger partial charge in [-0.3, -0.25) is 0 Å². The zero-order valence-corrected chi connectivity index (χ0v) is 30.4. The van der Waals surface area contributed by atoms with Gasteiger partial charge in [0.2, 0.25) is 0 Å². The summed E-state index contributed by atoms with van der Waals surface area (Å²) in [5.41, 5.74) is 12.4. The normalized spacial score (nSPS) is 11.2. The van der Waals surface area contributed by atoms with Gasteiger partial charge in [0.1, 0.15) is 0 Å². The van der Waals surface area contributed by atoms with Crippen LogP contribution < -0.4 is 0 Å². The fourth-order valence-electron chi connectivity index (χ4n) is 7.47. The highest BCUT2D eigenvalue weighted by Gasteiger charge is 2.16. The Morgan fingerprint density at radius 2 is 0.714 bits per heavy atom. The van der Waals surface area contributed by atoms with Crippen LogP contribution in [0, 0.1) is 0 Å². The van der Waals surface area contributed by atoms with Crippen LogP contribution >= 0.6 is 0 Å². The highest BCUT2D eigenvalue weighted by atomic mass is 15.0. The Hall–Kier alpha value is -7.56. The third kappa shape index (κ3) is 6.40. The lowest BCUT2D eigenvalue weighted by molar-refractivity contribution is 1.07. The van der Waals surface area contributed by atoms with E-state index in [1.165, 1.54) is 10.8 Å². The molecule has 0 saturated heterocycles. The molecule has 4 nitrogen and oxygen atoms in total. The topological polar surface area (TPSA) is 51.6 Å². The van der Waals surface area contributed by atoms with Gasteiger partial charge in [-0.05, 0) is 62.4 Å². The Labute approximate surface area is 325 Å². The molecule has 0 fully saturated rings. The molecule has 2 aromatic heterocycles. The van der Waals surface area contributed by atoms with Crippen LogP contribution in [-0.2, 0) is 0 Å². The summed E-state index contributed by atoms with van der Waals surface area (Å²) in [5.74, 6) is 1.83. The quantitative estimate of drug-likeness (QED) is 0.154. The van der Waals surface area contributed by atoms with E-state index in [0.717, 1.165) is 72.2 Å². The molecule has 0 bridgehead atoms. The van der Waals surface area contributed by atoms with Crippen LogP contribution in [0.1, 0.15) is 0 Å². The molecule has 0 saturated carbocycles. The van der Waals surface area contributed by atoms with Crippen molar-refractivity contribution >= 4 is 21.7 Å². The van der Waals surface area contributed by atoms with Crippen molar-refractivity contribution in [3.8, 4) is 78.8 Å². The number of nitrogens with zero attached hydrogens (tertiary/aromatic N) is 4. The van der Waals surface area contributed by atoms with Gasteiger partial charge in [0, 0.05) is 27.6 Å². The minimum atomic E-state index is 0.598. The van der Waals surface area contributed by atoms with Crippen molar-refractivity contribution in [1.29, 1.82) is 0 Å². The van der Waals surface area contributed by atoms with E-state index >= 15 is 0 Å². The lowest BCUT2D eigenvalue weighted by Crippen LogP contribution is -2.00. The van der Waals surface area contributed by atoms with Gasteiger partial charge in [0.15, 0.2) is 17.5 Å². The molecule has 0 amide bonds. The highest BCUT2D eigenvalue weighted by molar-refractivity contribution is 6.13. The second-order valence-corrected chi connectivity index (χ2v) is 13.9. The SMILES string of the molecule is c1ccc(-c2ccc(-c3nc(-c4ccc(-c5ccccc5)cc4)nc(-c4cccc(-c5cc(-c6ccccc6)c6c(ccc7ccccc76)n5)c4)n3)cc2)cc1. The van der Waals surface area contributed by atoms with Crippen molar-refractivity contribution in [2.75, 3.05) is 0 Å². The average Bonchev–Trinajstić information content (AvgIpc) is 3.29. The average molecular weight is 715 g/mol. The molecule has 56 heavy (non-hydrogen) atoms. The minimum absolute atomic E-state index is 0.598. The summed E-state index contributed by atoms with van der Waals surface area (Å²) >= 11 is 0. The fraction of sp³-hybridized carbons (Fsp3) is 0. The van der Waals surface area contributed by atoms with Gasteiger partial charge in [-0.15, -0.1) is 0 Å². The van der Waals surface area contributed by atoms with Crippen molar-refractivity contribution in [3.05, 3.63) is 206 Å². The van der Waals surface area contributed by atoms with Crippen LogP contribution in [0.15, 0.2) is 206 Å². The number of hydrogen-bond acceptors (Lipinski definition) is 4. The third-order valence-corrected chi connectivity index (χ3v) is 10.3. The number of rotatable bonds is 7. The first-order valence-electron chi connectivity index (χ1n) is 18.8. The Balaban J connectivity index is 1.10. The maximum atomic E-state index is 5.26. The van der Waals surface area contributed by atoms with E-state index < -0.39 is 0 Å². The first kappa shape index (κ1) is 33.0. The lowest BCUT2D eigenvalue weighted by Gasteiger charge is -2.14. The summed E-state index contributed by atoms with van der Waals surface area (Å²) in [7, 11) is 0. The monoisotopic (exact) mass is 714 g/mol. The van der Waals surface area contributed by atoms with Crippen LogP contribution in [-0.4, -0.2) is 19.9 Å². The molecule has 10 rings (SSSR count). The molecule has 0 atom stereocenters.